The van der Waals surface area contributed by atoms with Gasteiger partial charge >= 0.3 is 0 Å². The van der Waals surface area contributed by atoms with Crippen LogP contribution in [0.1, 0.15) is 24.9 Å². The fourth-order valence-electron chi connectivity index (χ4n) is 2.10. The second-order valence-electron chi connectivity index (χ2n) is 4.59. The number of nitrogens with zero attached hydrogens (tertiary/aromatic N) is 1. The molecule has 0 aliphatic carbocycles. The normalized spacial score (nSPS) is 11.9. The third-order valence-corrected chi connectivity index (χ3v) is 3.21. The largest absolute Gasteiger partial charge is 0.508 e. The van der Waals surface area contributed by atoms with Crippen LogP contribution in [-0.2, 0) is 0 Å². The maximum atomic E-state index is 13.9. The summed E-state index contributed by atoms with van der Waals surface area (Å²) in [6, 6.07) is 9.95. The second kappa shape index (κ2) is 6.21. The molecule has 5 nitrogen and oxygen atoms in total. The lowest BCUT2D eigenvalue weighted by molar-refractivity contribution is -0.385. The van der Waals surface area contributed by atoms with Crippen LogP contribution < -0.4 is 5.32 Å². The van der Waals surface area contributed by atoms with E-state index in [0.29, 0.717) is 12.0 Å². The van der Waals surface area contributed by atoms with Crippen molar-refractivity contribution in [3.05, 3.63) is 64.0 Å². The number of anilines is 1. The van der Waals surface area contributed by atoms with E-state index in [2.05, 4.69) is 5.32 Å². The Morgan fingerprint density at radius 2 is 2.05 bits per heavy atom. The van der Waals surface area contributed by atoms with Gasteiger partial charge in [-0.05, 0) is 18.6 Å². The molecule has 1 atom stereocenters. The summed E-state index contributed by atoms with van der Waals surface area (Å²) in [7, 11) is 0. The molecule has 2 N–H and O–H groups in total. The van der Waals surface area contributed by atoms with Gasteiger partial charge < -0.3 is 10.4 Å². The zero-order valence-electron chi connectivity index (χ0n) is 11.4. The first-order chi connectivity index (χ1) is 10.0. The number of non-ortho nitro benzene ring substituents is 1. The van der Waals surface area contributed by atoms with E-state index in [-0.39, 0.29) is 23.2 Å². The Morgan fingerprint density at radius 1 is 1.33 bits per heavy atom. The molecule has 0 radical (unpaired) electrons. The molecule has 110 valence electrons. The fourth-order valence-corrected chi connectivity index (χ4v) is 2.10. The van der Waals surface area contributed by atoms with Crippen molar-refractivity contribution in [3.8, 4) is 5.75 Å². The Labute approximate surface area is 121 Å². The third kappa shape index (κ3) is 3.28. The lowest BCUT2D eigenvalue weighted by Gasteiger charge is -2.20. The summed E-state index contributed by atoms with van der Waals surface area (Å²) in [6.07, 6.45) is 0.619. The van der Waals surface area contributed by atoms with E-state index in [0.717, 1.165) is 6.07 Å². The van der Waals surface area contributed by atoms with Crippen LogP contribution in [0.4, 0.5) is 15.8 Å². The minimum Gasteiger partial charge on any atom is -0.508 e. The average molecular weight is 290 g/mol. The van der Waals surface area contributed by atoms with Crippen molar-refractivity contribution in [1.82, 2.24) is 0 Å². The van der Waals surface area contributed by atoms with Crippen molar-refractivity contribution in [1.29, 1.82) is 0 Å². The lowest BCUT2D eigenvalue weighted by atomic mass is 10.0. The van der Waals surface area contributed by atoms with Crippen molar-refractivity contribution in [2.45, 2.75) is 19.4 Å². The summed E-state index contributed by atoms with van der Waals surface area (Å²) < 4.78 is 13.9. The molecule has 0 saturated carbocycles. The second-order valence-corrected chi connectivity index (χ2v) is 4.59. The molecular formula is C15H15FN2O3. The van der Waals surface area contributed by atoms with Gasteiger partial charge in [-0.25, -0.2) is 4.39 Å². The van der Waals surface area contributed by atoms with Crippen LogP contribution in [-0.4, -0.2) is 10.0 Å². The molecule has 21 heavy (non-hydrogen) atoms. The molecule has 6 heteroatoms. The van der Waals surface area contributed by atoms with Crippen LogP contribution in [0.3, 0.4) is 0 Å². The van der Waals surface area contributed by atoms with E-state index < -0.39 is 10.7 Å². The number of phenolic OH excluding ortho intramolecular Hbond substituents is 1. The van der Waals surface area contributed by atoms with Gasteiger partial charge in [0.1, 0.15) is 5.75 Å². The number of para-hydroxylation sites is 1. The van der Waals surface area contributed by atoms with E-state index in [1.54, 1.807) is 24.3 Å². The van der Waals surface area contributed by atoms with Crippen LogP contribution in [0.5, 0.6) is 5.75 Å². The van der Waals surface area contributed by atoms with Crippen molar-refractivity contribution >= 4 is 11.4 Å². The minimum absolute atomic E-state index is 0.124. The maximum Gasteiger partial charge on any atom is 0.272 e. The first kappa shape index (κ1) is 14.8. The molecule has 0 bridgehead atoms. The number of phenols is 1. The quantitative estimate of drug-likeness (QED) is 0.644. The molecule has 1 unspecified atom stereocenters. The monoisotopic (exact) mass is 290 g/mol. The number of halogens is 1. The van der Waals surface area contributed by atoms with Gasteiger partial charge in [0.15, 0.2) is 5.82 Å². The molecule has 0 heterocycles. The first-order valence-electron chi connectivity index (χ1n) is 6.51. The van der Waals surface area contributed by atoms with Crippen molar-refractivity contribution in [3.63, 3.8) is 0 Å². The standard InChI is InChI=1S/C15H15FN2O3/c1-2-13(11-5-3-4-6-15(11)19)17-14-8-7-10(18(20)21)9-12(14)16/h3-9,13,17,19H,2H2,1H3. The number of nitrogens with one attached hydrogen (secondary N) is 1. The number of aromatic hydroxyl groups is 1. The molecule has 0 aliphatic rings. The Hall–Kier alpha value is -2.63. The Balaban J connectivity index is 2.27. The highest BCUT2D eigenvalue weighted by Gasteiger charge is 2.16. The van der Waals surface area contributed by atoms with Gasteiger partial charge in [0, 0.05) is 11.6 Å². The van der Waals surface area contributed by atoms with Gasteiger partial charge in [-0.1, -0.05) is 25.1 Å². The third-order valence-electron chi connectivity index (χ3n) is 3.21. The molecule has 2 rings (SSSR count). The first-order valence-corrected chi connectivity index (χ1v) is 6.51. The van der Waals surface area contributed by atoms with Crippen LogP contribution in [0, 0.1) is 15.9 Å². The number of nitro groups is 1. The lowest BCUT2D eigenvalue weighted by Crippen LogP contribution is -2.11. The Morgan fingerprint density at radius 3 is 2.62 bits per heavy atom. The predicted octanol–water partition coefficient (Wildman–Crippen LogP) is 4.00. The Bertz CT molecular complexity index is 661. The van der Waals surface area contributed by atoms with E-state index in [4.69, 9.17) is 0 Å². The van der Waals surface area contributed by atoms with E-state index in [1.165, 1.54) is 12.1 Å². The molecule has 2 aromatic rings. The number of benzene rings is 2. The molecule has 0 spiro atoms. The number of rotatable bonds is 5. The summed E-state index contributed by atoms with van der Waals surface area (Å²) in [6.45, 7) is 1.90. The maximum absolute atomic E-state index is 13.9. The summed E-state index contributed by atoms with van der Waals surface area (Å²) in [5.74, 6) is -0.572. The molecule has 2 aromatic carbocycles. The van der Waals surface area contributed by atoms with Gasteiger partial charge in [-0.3, -0.25) is 10.1 Å². The number of hydrogen-bond acceptors (Lipinski definition) is 4. The average Bonchev–Trinajstić information content (AvgIpc) is 2.47. The number of hydrogen-bond donors (Lipinski definition) is 2. The fraction of sp³-hybridized carbons (Fsp3) is 0.200. The van der Waals surface area contributed by atoms with Crippen LogP contribution in [0.15, 0.2) is 42.5 Å². The highest BCUT2D eigenvalue weighted by Crippen LogP contribution is 2.30. The highest BCUT2D eigenvalue weighted by molar-refractivity contribution is 5.52. The van der Waals surface area contributed by atoms with Crippen LogP contribution >= 0.6 is 0 Å². The minimum atomic E-state index is -0.696. The van der Waals surface area contributed by atoms with Crippen LogP contribution in [0.25, 0.3) is 0 Å². The molecule has 0 fully saturated rings. The zero-order chi connectivity index (χ0) is 15.4. The summed E-state index contributed by atoms with van der Waals surface area (Å²) in [5.41, 5.74) is 0.516. The summed E-state index contributed by atoms with van der Waals surface area (Å²) in [5, 5.41) is 23.4. The predicted molar refractivity (Wildman–Crippen MR) is 77.8 cm³/mol. The Kier molecular flexibility index (Phi) is 4.37. The van der Waals surface area contributed by atoms with Gasteiger partial charge in [0.25, 0.3) is 5.69 Å². The smallest absolute Gasteiger partial charge is 0.272 e. The molecule has 0 amide bonds. The van der Waals surface area contributed by atoms with E-state index in [9.17, 15) is 19.6 Å². The summed E-state index contributed by atoms with van der Waals surface area (Å²) >= 11 is 0. The number of nitro benzene ring substituents is 1. The van der Waals surface area contributed by atoms with Crippen LogP contribution in [0.2, 0.25) is 0 Å². The topological polar surface area (TPSA) is 75.4 Å². The van der Waals surface area contributed by atoms with Gasteiger partial charge in [0.2, 0.25) is 0 Å². The van der Waals surface area contributed by atoms with Crippen molar-refractivity contribution in [2.75, 3.05) is 5.32 Å². The van der Waals surface area contributed by atoms with Gasteiger partial charge in [-0.15, -0.1) is 0 Å². The SMILES string of the molecule is CCC(Nc1ccc([N+](=O)[O-])cc1F)c1ccccc1O. The highest BCUT2D eigenvalue weighted by atomic mass is 19.1. The van der Waals surface area contributed by atoms with Crippen molar-refractivity contribution < 1.29 is 14.4 Å². The van der Waals surface area contributed by atoms with E-state index >= 15 is 0 Å². The van der Waals surface area contributed by atoms with E-state index in [1.807, 2.05) is 6.92 Å². The van der Waals surface area contributed by atoms with Gasteiger partial charge in [-0.2, -0.15) is 0 Å². The van der Waals surface area contributed by atoms with Gasteiger partial charge in [0.05, 0.1) is 22.7 Å². The molecule has 0 saturated heterocycles. The molecule has 0 aliphatic heterocycles. The zero-order valence-corrected chi connectivity index (χ0v) is 11.4. The van der Waals surface area contributed by atoms with Crippen molar-refractivity contribution in [2.24, 2.45) is 0 Å². The molecule has 0 aromatic heterocycles. The summed E-state index contributed by atoms with van der Waals surface area (Å²) in [4.78, 5) is 9.95. The molecular weight excluding hydrogens is 275 g/mol.